The third-order valence-corrected chi connectivity index (χ3v) is 8.41. The zero-order chi connectivity index (χ0) is 25.2. The highest BCUT2D eigenvalue weighted by Crippen LogP contribution is 2.23. The van der Waals surface area contributed by atoms with E-state index >= 15 is 0 Å². The maximum Gasteiger partial charge on any atom is 0.252 e. The van der Waals surface area contributed by atoms with Gasteiger partial charge in [0.15, 0.2) is 0 Å². The number of aryl methyl sites for hydroxylation is 1. The molecule has 0 unspecified atom stereocenters. The molecule has 1 N–H and O–H groups in total. The Morgan fingerprint density at radius 1 is 0.857 bits per heavy atom. The van der Waals surface area contributed by atoms with Crippen molar-refractivity contribution in [2.45, 2.75) is 31.7 Å². The van der Waals surface area contributed by atoms with Crippen LogP contribution in [0.3, 0.4) is 0 Å². The van der Waals surface area contributed by atoms with E-state index in [1.807, 2.05) is 63.2 Å². The number of hydrogen-bond donors (Lipinski definition) is 1. The van der Waals surface area contributed by atoms with Crippen LogP contribution in [-0.4, -0.2) is 61.7 Å². The van der Waals surface area contributed by atoms with Gasteiger partial charge in [0.05, 0.1) is 4.90 Å². The first-order valence-corrected chi connectivity index (χ1v) is 13.3. The summed E-state index contributed by atoms with van der Waals surface area (Å²) in [6.45, 7) is 6.59. The maximum absolute atomic E-state index is 13.3. The van der Waals surface area contributed by atoms with E-state index in [2.05, 4.69) is 5.32 Å². The summed E-state index contributed by atoms with van der Waals surface area (Å²) < 4.78 is 27.9. The van der Waals surface area contributed by atoms with E-state index in [4.69, 9.17) is 0 Å². The molecule has 35 heavy (non-hydrogen) atoms. The maximum atomic E-state index is 13.3. The standard InChI is InChI=1S/C27H31N3O4S/c1-19(2)25(28-26(31)24-11-7-4-8-20(24)3)27(32)29-14-16-30(17-15-29)35(33,34)23-13-12-21-9-5-6-10-22(21)18-23/h4-13,18-19,25H,14-17H2,1-3H3,(H,28,31)/t25-/m0/s1. The molecule has 4 rings (SSSR count). The van der Waals surface area contributed by atoms with E-state index in [0.29, 0.717) is 5.56 Å². The summed E-state index contributed by atoms with van der Waals surface area (Å²) in [5.41, 5.74) is 1.38. The Morgan fingerprint density at radius 2 is 1.49 bits per heavy atom. The lowest BCUT2D eigenvalue weighted by Crippen LogP contribution is -2.57. The zero-order valence-corrected chi connectivity index (χ0v) is 21.1. The number of benzene rings is 3. The van der Waals surface area contributed by atoms with Crippen LogP contribution in [0.1, 0.15) is 29.8 Å². The molecular formula is C27H31N3O4S. The summed E-state index contributed by atoms with van der Waals surface area (Å²) in [5, 5.41) is 4.74. The molecule has 3 aromatic rings. The lowest BCUT2D eigenvalue weighted by atomic mass is 10.0. The van der Waals surface area contributed by atoms with Gasteiger partial charge in [0.25, 0.3) is 5.91 Å². The lowest BCUT2D eigenvalue weighted by Gasteiger charge is -2.36. The largest absolute Gasteiger partial charge is 0.340 e. The van der Waals surface area contributed by atoms with Gasteiger partial charge in [-0.05, 0) is 47.4 Å². The van der Waals surface area contributed by atoms with Crippen LogP contribution in [0.5, 0.6) is 0 Å². The number of piperazine rings is 1. The minimum Gasteiger partial charge on any atom is -0.340 e. The van der Waals surface area contributed by atoms with Crippen LogP contribution in [0.2, 0.25) is 0 Å². The minimum absolute atomic E-state index is 0.116. The van der Waals surface area contributed by atoms with Crippen molar-refractivity contribution in [2.75, 3.05) is 26.2 Å². The first kappa shape index (κ1) is 24.9. The Morgan fingerprint density at radius 3 is 2.14 bits per heavy atom. The Bertz CT molecular complexity index is 1350. The molecule has 1 fully saturated rings. The van der Waals surface area contributed by atoms with Gasteiger partial charge in [-0.1, -0.05) is 62.4 Å². The van der Waals surface area contributed by atoms with Crippen molar-refractivity contribution in [2.24, 2.45) is 5.92 Å². The van der Waals surface area contributed by atoms with Crippen molar-refractivity contribution in [1.82, 2.24) is 14.5 Å². The fraction of sp³-hybridized carbons (Fsp3) is 0.333. The number of carbonyl (C=O) groups excluding carboxylic acids is 2. The number of rotatable bonds is 6. The van der Waals surface area contributed by atoms with Crippen molar-refractivity contribution in [3.8, 4) is 0 Å². The van der Waals surface area contributed by atoms with Crippen LogP contribution < -0.4 is 5.32 Å². The van der Waals surface area contributed by atoms with Crippen molar-refractivity contribution in [3.05, 3.63) is 77.9 Å². The molecule has 0 aliphatic carbocycles. The number of nitrogens with one attached hydrogen (secondary N) is 1. The van der Waals surface area contributed by atoms with Crippen LogP contribution in [0.15, 0.2) is 71.6 Å². The van der Waals surface area contributed by atoms with Crippen LogP contribution in [-0.2, 0) is 14.8 Å². The molecule has 1 atom stereocenters. The third-order valence-electron chi connectivity index (χ3n) is 6.52. The number of amides is 2. The Balaban J connectivity index is 1.43. The molecule has 7 nitrogen and oxygen atoms in total. The van der Waals surface area contributed by atoms with Gasteiger partial charge in [0.1, 0.15) is 6.04 Å². The summed E-state index contributed by atoms with van der Waals surface area (Å²) in [6.07, 6.45) is 0. The average molecular weight is 494 g/mol. The minimum atomic E-state index is -3.67. The highest BCUT2D eigenvalue weighted by Gasteiger charge is 2.34. The predicted octanol–water partition coefficient (Wildman–Crippen LogP) is 3.44. The topological polar surface area (TPSA) is 86.8 Å². The Labute approximate surface area is 206 Å². The zero-order valence-electron chi connectivity index (χ0n) is 20.3. The molecule has 0 bridgehead atoms. The van der Waals surface area contributed by atoms with E-state index < -0.39 is 16.1 Å². The summed E-state index contributed by atoms with van der Waals surface area (Å²) in [6, 6.07) is 19.3. The van der Waals surface area contributed by atoms with Gasteiger partial charge in [-0.25, -0.2) is 8.42 Å². The summed E-state index contributed by atoms with van der Waals surface area (Å²) in [4.78, 5) is 28.0. The highest BCUT2D eigenvalue weighted by atomic mass is 32.2. The van der Waals surface area contributed by atoms with Crippen molar-refractivity contribution < 1.29 is 18.0 Å². The monoisotopic (exact) mass is 493 g/mol. The molecule has 0 saturated carbocycles. The molecule has 0 aromatic heterocycles. The lowest BCUT2D eigenvalue weighted by molar-refractivity contribution is -0.135. The normalized spacial score (nSPS) is 15.8. The van der Waals surface area contributed by atoms with Crippen molar-refractivity contribution in [3.63, 3.8) is 0 Å². The number of carbonyl (C=O) groups is 2. The summed E-state index contributed by atoms with van der Waals surface area (Å²) >= 11 is 0. The number of fused-ring (bicyclic) bond motifs is 1. The Kier molecular flexibility index (Phi) is 7.23. The van der Waals surface area contributed by atoms with Gasteiger partial charge in [-0.2, -0.15) is 4.31 Å². The molecule has 1 aliphatic rings. The van der Waals surface area contributed by atoms with Gasteiger partial charge in [-0.3, -0.25) is 9.59 Å². The number of sulfonamides is 1. The first-order chi connectivity index (χ1) is 16.7. The molecule has 8 heteroatoms. The number of hydrogen-bond acceptors (Lipinski definition) is 4. The molecule has 1 saturated heterocycles. The van der Waals surface area contributed by atoms with Crippen LogP contribution >= 0.6 is 0 Å². The fourth-order valence-electron chi connectivity index (χ4n) is 4.38. The van der Waals surface area contributed by atoms with Crippen molar-refractivity contribution in [1.29, 1.82) is 0 Å². The molecule has 1 heterocycles. The molecule has 0 spiro atoms. The van der Waals surface area contributed by atoms with E-state index in [0.717, 1.165) is 16.3 Å². The second kappa shape index (κ2) is 10.2. The molecule has 184 valence electrons. The third kappa shape index (κ3) is 5.23. The summed E-state index contributed by atoms with van der Waals surface area (Å²) in [5.74, 6) is -0.591. The smallest absolute Gasteiger partial charge is 0.252 e. The summed E-state index contributed by atoms with van der Waals surface area (Å²) in [7, 11) is -3.67. The molecule has 2 amide bonds. The van der Waals surface area contributed by atoms with E-state index in [1.165, 1.54) is 4.31 Å². The van der Waals surface area contributed by atoms with E-state index in [-0.39, 0.29) is 48.8 Å². The average Bonchev–Trinajstić information content (AvgIpc) is 2.86. The van der Waals surface area contributed by atoms with Gasteiger partial charge >= 0.3 is 0 Å². The fourth-order valence-corrected chi connectivity index (χ4v) is 5.84. The Hall–Kier alpha value is -3.23. The second-order valence-electron chi connectivity index (χ2n) is 9.25. The quantitative estimate of drug-likeness (QED) is 0.570. The van der Waals surface area contributed by atoms with E-state index in [1.54, 1.807) is 29.2 Å². The van der Waals surface area contributed by atoms with Gasteiger partial charge in [0.2, 0.25) is 15.9 Å². The van der Waals surface area contributed by atoms with Crippen LogP contribution in [0.4, 0.5) is 0 Å². The SMILES string of the molecule is Cc1ccccc1C(=O)N[C@H](C(=O)N1CCN(S(=O)(=O)c2ccc3ccccc3c2)CC1)C(C)C. The van der Waals surface area contributed by atoms with Gasteiger partial charge in [-0.15, -0.1) is 0 Å². The van der Waals surface area contributed by atoms with E-state index in [9.17, 15) is 18.0 Å². The molecule has 1 aliphatic heterocycles. The predicted molar refractivity (Wildman–Crippen MR) is 137 cm³/mol. The number of nitrogens with zero attached hydrogens (tertiary/aromatic N) is 2. The van der Waals surface area contributed by atoms with Crippen LogP contribution in [0, 0.1) is 12.8 Å². The van der Waals surface area contributed by atoms with Crippen molar-refractivity contribution >= 4 is 32.6 Å². The molecule has 3 aromatic carbocycles. The molecule has 0 radical (unpaired) electrons. The second-order valence-corrected chi connectivity index (χ2v) is 11.2. The first-order valence-electron chi connectivity index (χ1n) is 11.8. The molecular weight excluding hydrogens is 462 g/mol. The van der Waals surface area contributed by atoms with Gasteiger partial charge < -0.3 is 10.2 Å². The van der Waals surface area contributed by atoms with Crippen LogP contribution in [0.25, 0.3) is 10.8 Å². The van der Waals surface area contributed by atoms with Gasteiger partial charge in [0, 0.05) is 31.7 Å². The highest BCUT2D eigenvalue weighted by molar-refractivity contribution is 7.89.